The topological polar surface area (TPSA) is 71.1 Å². The Morgan fingerprint density at radius 3 is 2.50 bits per heavy atom. The summed E-state index contributed by atoms with van der Waals surface area (Å²) in [4.78, 5) is 29.1. The normalized spacial score (nSPS) is 10.3. The molecule has 0 saturated heterocycles. The van der Waals surface area contributed by atoms with E-state index in [9.17, 15) is 9.59 Å². The number of rotatable bonds is 6. The van der Waals surface area contributed by atoms with Gasteiger partial charge in [0.25, 0.3) is 5.91 Å². The molecule has 0 bridgehead atoms. The zero-order valence-electron chi connectivity index (χ0n) is 12.7. The van der Waals surface area contributed by atoms with Crippen molar-refractivity contribution in [2.24, 2.45) is 0 Å². The molecule has 2 amide bonds. The van der Waals surface area contributed by atoms with Crippen LogP contribution in [0.4, 0.5) is 0 Å². The Labute approximate surface area is 133 Å². The van der Waals surface area contributed by atoms with E-state index in [1.165, 1.54) is 4.88 Å². The molecule has 0 aliphatic carbocycles. The van der Waals surface area contributed by atoms with Crippen LogP contribution < -0.4 is 10.6 Å². The summed E-state index contributed by atoms with van der Waals surface area (Å²) < 4.78 is 0. The number of carbonyl (C=O) groups excluding carboxylic acids is 2. The van der Waals surface area contributed by atoms with Crippen LogP contribution in [0.15, 0.2) is 30.3 Å². The Hall–Kier alpha value is -2.21. The van der Waals surface area contributed by atoms with Crippen LogP contribution in [0, 0.1) is 13.8 Å². The lowest BCUT2D eigenvalue weighted by Crippen LogP contribution is -2.37. The van der Waals surface area contributed by atoms with Crippen molar-refractivity contribution in [2.75, 3.05) is 13.1 Å². The number of hydrogen-bond acceptors (Lipinski definition) is 4. The molecule has 0 fully saturated rings. The predicted octanol–water partition coefficient (Wildman–Crippen LogP) is 1.85. The lowest BCUT2D eigenvalue weighted by molar-refractivity contribution is -0.120. The van der Waals surface area contributed by atoms with E-state index >= 15 is 0 Å². The van der Waals surface area contributed by atoms with Gasteiger partial charge in [-0.2, -0.15) is 0 Å². The van der Waals surface area contributed by atoms with Gasteiger partial charge in [0.1, 0.15) is 0 Å². The standard InChI is InChI=1S/C16H19N3O2S/c1-11-12(2)22-15(19-11)8-9-17-14(20)10-18-16(21)13-6-4-3-5-7-13/h3-7H,8-10H2,1-2H3,(H,17,20)(H,18,21). The molecule has 0 unspecified atom stereocenters. The monoisotopic (exact) mass is 317 g/mol. The van der Waals surface area contributed by atoms with Gasteiger partial charge in [-0.3, -0.25) is 9.59 Å². The van der Waals surface area contributed by atoms with Gasteiger partial charge in [-0.25, -0.2) is 4.98 Å². The van der Waals surface area contributed by atoms with Crippen molar-refractivity contribution in [1.82, 2.24) is 15.6 Å². The smallest absolute Gasteiger partial charge is 0.251 e. The minimum absolute atomic E-state index is 0.0242. The molecule has 5 nitrogen and oxygen atoms in total. The minimum Gasteiger partial charge on any atom is -0.354 e. The lowest BCUT2D eigenvalue weighted by atomic mass is 10.2. The highest BCUT2D eigenvalue weighted by molar-refractivity contribution is 7.11. The third-order valence-corrected chi connectivity index (χ3v) is 4.31. The molecule has 2 N–H and O–H groups in total. The van der Waals surface area contributed by atoms with Gasteiger partial charge in [-0.15, -0.1) is 11.3 Å². The summed E-state index contributed by atoms with van der Waals surface area (Å²) in [5, 5.41) is 6.39. The molecule has 0 aliphatic rings. The van der Waals surface area contributed by atoms with Gasteiger partial charge < -0.3 is 10.6 Å². The zero-order valence-corrected chi connectivity index (χ0v) is 13.5. The number of hydrogen-bond donors (Lipinski definition) is 2. The second-order valence-corrected chi connectivity index (χ2v) is 6.19. The molecule has 1 aromatic carbocycles. The number of aryl methyl sites for hydroxylation is 2. The van der Waals surface area contributed by atoms with Crippen LogP contribution in [0.25, 0.3) is 0 Å². The van der Waals surface area contributed by atoms with Crippen molar-refractivity contribution in [1.29, 1.82) is 0 Å². The third kappa shape index (κ3) is 4.66. The van der Waals surface area contributed by atoms with Gasteiger partial charge in [0.2, 0.25) is 5.91 Å². The number of benzene rings is 1. The lowest BCUT2D eigenvalue weighted by Gasteiger charge is -2.06. The van der Waals surface area contributed by atoms with E-state index in [-0.39, 0.29) is 18.4 Å². The van der Waals surface area contributed by atoms with Gasteiger partial charge in [-0.1, -0.05) is 18.2 Å². The fourth-order valence-electron chi connectivity index (χ4n) is 1.87. The Bertz CT molecular complexity index is 633. The number of thiazole rings is 1. The summed E-state index contributed by atoms with van der Waals surface area (Å²) in [6.45, 7) is 4.51. The zero-order chi connectivity index (χ0) is 15.9. The Kier molecular flexibility index (Phi) is 5.66. The molecule has 1 heterocycles. The summed E-state index contributed by atoms with van der Waals surface area (Å²) in [6, 6.07) is 8.83. The first-order valence-corrected chi connectivity index (χ1v) is 7.91. The van der Waals surface area contributed by atoms with Crippen LogP contribution >= 0.6 is 11.3 Å². The van der Waals surface area contributed by atoms with Crippen molar-refractivity contribution >= 4 is 23.2 Å². The largest absolute Gasteiger partial charge is 0.354 e. The summed E-state index contributed by atoms with van der Waals surface area (Å²) in [5.41, 5.74) is 1.59. The highest BCUT2D eigenvalue weighted by Gasteiger charge is 2.08. The Balaban J connectivity index is 1.69. The summed E-state index contributed by atoms with van der Waals surface area (Å²) in [6.07, 6.45) is 0.706. The molecule has 6 heteroatoms. The number of aromatic nitrogens is 1. The molecule has 0 radical (unpaired) electrons. The number of carbonyl (C=O) groups is 2. The molecule has 0 spiro atoms. The maximum absolute atomic E-state index is 11.8. The van der Waals surface area contributed by atoms with E-state index in [1.54, 1.807) is 35.6 Å². The van der Waals surface area contributed by atoms with Crippen LogP contribution in [0.1, 0.15) is 25.9 Å². The molecule has 0 saturated carbocycles. The quantitative estimate of drug-likeness (QED) is 0.854. The van der Waals surface area contributed by atoms with Crippen LogP contribution in [-0.2, 0) is 11.2 Å². The van der Waals surface area contributed by atoms with Gasteiger partial charge >= 0.3 is 0 Å². The van der Waals surface area contributed by atoms with Crippen molar-refractivity contribution in [2.45, 2.75) is 20.3 Å². The van der Waals surface area contributed by atoms with E-state index in [0.717, 1.165) is 10.7 Å². The summed E-state index contributed by atoms with van der Waals surface area (Å²) in [7, 11) is 0. The molecule has 2 rings (SSSR count). The van der Waals surface area contributed by atoms with Gasteiger partial charge in [-0.05, 0) is 26.0 Å². The van der Waals surface area contributed by atoms with E-state index < -0.39 is 0 Å². The predicted molar refractivity (Wildman–Crippen MR) is 87.1 cm³/mol. The molecular weight excluding hydrogens is 298 g/mol. The first kappa shape index (κ1) is 16.2. The molecule has 0 atom stereocenters. The minimum atomic E-state index is -0.248. The molecular formula is C16H19N3O2S. The molecule has 116 valence electrons. The molecule has 22 heavy (non-hydrogen) atoms. The van der Waals surface area contributed by atoms with Gasteiger partial charge in [0, 0.05) is 23.4 Å². The van der Waals surface area contributed by atoms with Crippen LogP contribution in [0.2, 0.25) is 0 Å². The van der Waals surface area contributed by atoms with Crippen LogP contribution in [0.3, 0.4) is 0 Å². The molecule has 2 aromatic rings. The Morgan fingerprint density at radius 2 is 1.86 bits per heavy atom. The first-order valence-electron chi connectivity index (χ1n) is 7.09. The maximum atomic E-state index is 11.8. The van der Waals surface area contributed by atoms with E-state index in [2.05, 4.69) is 15.6 Å². The second-order valence-electron chi connectivity index (χ2n) is 4.90. The fraction of sp³-hybridized carbons (Fsp3) is 0.312. The third-order valence-electron chi connectivity index (χ3n) is 3.18. The van der Waals surface area contributed by atoms with Crippen LogP contribution in [-0.4, -0.2) is 29.9 Å². The van der Waals surface area contributed by atoms with E-state index in [0.29, 0.717) is 18.5 Å². The van der Waals surface area contributed by atoms with Gasteiger partial charge in [0.05, 0.1) is 17.2 Å². The molecule has 0 aliphatic heterocycles. The highest BCUT2D eigenvalue weighted by Crippen LogP contribution is 2.16. The summed E-state index contributed by atoms with van der Waals surface area (Å²) >= 11 is 1.65. The average molecular weight is 317 g/mol. The SMILES string of the molecule is Cc1nc(CCNC(=O)CNC(=O)c2ccccc2)sc1C. The first-order chi connectivity index (χ1) is 10.6. The fourth-order valence-corrected chi connectivity index (χ4v) is 2.80. The number of amides is 2. The van der Waals surface area contributed by atoms with Crippen molar-refractivity contribution in [3.8, 4) is 0 Å². The van der Waals surface area contributed by atoms with Crippen molar-refractivity contribution in [3.05, 3.63) is 51.5 Å². The van der Waals surface area contributed by atoms with E-state index in [1.807, 2.05) is 19.9 Å². The molecule has 1 aromatic heterocycles. The highest BCUT2D eigenvalue weighted by atomic mass is 32.1. The van der Waals surface area contributed by atoms with Crippen LogP contribution in [0.5, 0.6) is 0 Å². The second kappa shape index (κ2) is 7.70. The number of nitrogens with zero attached hydrogens (tertiary/aromatic N) is 1. The van der Waals surface area contributed by atoms with Crippen molar-refractivity contribution in [3.63, 3.8) is 0 Å². The summed E-state index contributed by atoms with van der Waals surface area (Å²) in [5.74, 6) is -0.448. The van der Waals surface area contributed by atoms with Crippen molar-refractivity contribution < 1.29 is 9.59 Å². The van der Waals surface area contributed by atoms with Gasteiger partial charge in [0.15, 0.2) is 0 Å². The number of nitrogens with one attached hydrogen (secondary N) is 2. The van der Waals surface area contributed by atoms with E-state index in [4.69, 9.17) is 0 Å². The maximum Gasteiger partial charge on any atom is 0.251 e. The average Bonchev–Trinajstić information content (AvgIpc) is 2.84. The Morgan fingerprint density at radius 1 is 1.14 bits per heavy atom.